The summed E-state index contributed by atoms with van der Waals surface area (Å²) in [5.41, 5.74) is 6.81. The summed E-state index contributed by atoms with van der Waals surface area (Å²) < 4.78 is 0. The maximum absolute atomic E-state index is 10.7. The number of hydrogen-bond acceptors (Lipinski definition) is 3. The molecule has 1 aliphatic carbocycles. The Morgan fingerprint density at radius 3 is 2.69 bits per heavy atom. The third-order valence-corrected chi connectivity index (χ3v) is 4.93. The number of carbonyl (C=O) groups is 1. The molecule has 0 unspecified atom stereocenters. The van der Waals surface area contributed by atoms with Crippen molar-refractivity contribution in [2.45, 2.75) is 84.3 Å². The average Bonchev–Trinajstić information content (AvgIpc) is 2.91. The lowest BCUT2D eigenvalue weighted by atomic mass is 9.96. The predicted octanol–water partition coefficient (Wildman–Crippen LogP) is 4.89. The lowest BCUT2D eigenvalue weighted by Gasteiger charge is -2.12. The van der Waals surface area contributed by atoms with Crippen molar-refractivity contribution in [3.8, 4) is 0 Å². The zero-order chi connectivity index (χ0) is 19.6. The van der Waals surface area contributed by atoms with Gasteiger partial charge in [-0.3, -0.25) is 0 Å². The summed E-state index contributed by atoms with van der Waals surface area (Å²) in [6.07, 6.45) is 14.9. The molecule has 0 fully saturated rings. The summed E-state index contributed by atoms with van der Waals surface area (Å²) in [5.74, 6) is -3.83. The van der Waals surface area contributed by atoms with Crippen LogP contribution in [0.4, 0.5) is 0 Å². The zero-order valence-corrected chi connectivity index (χ0v) is 16.4. The van der Waals surface area contributed by atoms with E-state index in [1.54, 1.807) is 0 Å². The minimum Gasteiger partial charge on any atom is -0.477 e. The van der Waals surface area contributed by atoms with E-state index < -0.39 is 11.8 Å². The molecule has 0 radical (unpaired) electrons. The van der Waals surface area contributed by atoms with E-state index in [4.69, 9.17) is 5.11 Å². The van der Waals surface area contributed by atoms with Gasteiger partial charge >= 0.3 is 5.97 Å². The van der Waals surface area contributed by atoms with Crippen molar-refractivity contribution in [1.29, 1.82) is 0 Å². The standard InChI is InChI=1S/C22H34O4/c1-4-5-6-7-8-9-12-19-14-13-18(3)20(19)16-17(2)11-10-15-22(25,26)21(23)24/h9-10,12,18,25-26H,4-8,13-16H2,1-3H3,(H,23,24)/t11?,18-/m0/s1. The molecule has 0 aromatic rings. The molecule has 0 saturated carbocycles. The van der Waals surface area contributed by atoms with E-state index in [0.717, 1.165) is 31.3 Å². The Balaban J connectivity index is 2.69. The van der Waals surface area contributed by atoms with E-state index in [1.165, 1.54) is 42.9 Å². The van der Waals surface area contributed by atoms with Crippen LogP contribution in [0.3, 0.4) is 0 Å². The molecule has 0 heterocycles. The summed E-state index contributed by atoms with van der Waals surface area (Å²) in [5, 5.41) is 27.3. The molecule has 1 rings (SSSR count). The monoisotopic (exact) mass is 362 g/mol. The average molecular weight is 363 g/mol. The lowest BCUT2D eigenvalue weighted by molar-refractivity contribution is -0.201. The maximum atomic E-state index is 10.7. The van der Waals surface area contributed by atoms with Gasteiger partial charge in [0.05, 0.1) is 0 Å². The Hall–Kier alpha value is -1.61. The lowest BCUT2D eigenvalue weighted by Crippen LogP contribution is -2.37. The van der Waals surface area contributed by atoms with Crippen molar-refractivity contribution in [1.82, 2.24) is 0 Å². The van der Waals surface area contributed by atoms with Crippen molar-refractivity contribution in [2.24, 2.45) is 5.92 Å². The van der Waals surface area contributed by atoms with Crippen molar-refractivity contribution >= 4 is 5.97 Å². The quantitative estimate of drug-likeness (QED) is 0.278. The molecule has 4 heteroatoms. The molecule has 0 saturated heterocycles. The first kappa shape index (κ1) is 22.4. The summed E-state index contributed by atoms with van der Waals surface area (Å²) >= 11 is 0. The van der Waals surface area contributed by atoms with E-state index in [0.29, 0.717) is 5.92 Å². The van der Waals surface area contributed by atoms with Gasteiger partial charge in [0.15, 0.2) is 0 Å². The van der Waals surface area contributed by atoms with Crippen LogP contribution in [0.25, 0.3) is 0 Å². The fraction of sp³-hybridized carbons (Fsp3) is 0.636. The van der Waals surface area contributed by atoms with Gasteiger partial charge in [-0.05, 0) is 62.2 Å². The minimum atomic E-state index is -2.72. The van der Waals surface area contributed by atoms with Gasteiger partial charge in [-0.2, -0.15) is 0 Å². The SMILES string of the molecule is CCCCCCC=CC1=C(CC(C)=C=CCC(O)(O)C(=O)O)[C@@H](C)CC1. The van der Waals surface area contributed by atoms with Crippen LogP contribution < -0.4 is 0 Å². The highest BCUT2D eigenvalue weighted by Gasteiger charge is 2.31. The molecular formula is C22H34O4. The number of carboxylic acid groups (broad SMARTS) is 1. The third-order valence-electron chi connectivity index (χ3n) is 4.93. The van der Waals surface area contributed by atoms with Crippen molar-refractivity contribution < 1.29 is 20.1 Å². The molecule has 0 bridgehead atoms. The van der Waals surface area contributed by atoms with Crippen LogP contribution in [0, 0.1) is 5.92 Å². The van der Waals surface area contributed by atoms with E-state index in [2.05, 4.69) is 31.7 Å². The van der Waals surface area contributed by atoms with Gasteiger partial charge in [0.1, 0.15) is 0 Å². The van der Waals surface area contributed by atoms with E-state index in [9.17, 15) is 15.0 Å². The fourth-order valence-corrected chi connectivity index (χ4v) is 3.21. The van der Waals surface area contributed by atoms with Crippen LogP contribution >= 0.6 is 0 Å². The first-order chi connectivity index (χ1) is 12.3. The van der Waals surface area contributed by atoms with Gasteiger partial charge in [0.2, 0.25) is 0 Å². The normalized spacial score (nSPS) is 17.7. The maximum Gasteiger partial charge on any atom is 0.364 e. The van der Waals surface area contributed by atoms with E-state index >= 15 is 0 Å². The highest BCUT2D eigenvalue weighted by atomic mass is 16.5. The minimum absolute atomic E-state index is 0.376. The summed E-state index contributed by atoms with van der Waals surface area (Å²) in [6.45, 7) is 6.41. The zero-order valence-electron chi connectivity index (χ0n) is 16.4. The van der Waals surface area contributed by atoms with Gasteiger partial charge in [-0.1, -0.05) is 50.8 Å². The van der Waals surface area contributed by atoms with Crippen LogP contribution in [0.1, 0.15) is 78.6 Å². The molecule has 146 valence electrons. The van der Waals surface area contributed by atoms with Crippen LogP contribution in [-0.4, -0.2) is 27.1 Å². The smallest absolute Gasteiger partial charge is 0.364 e. The third kappa shape index (κ3) is 7.74. The Morgan fingerprint density at radius 2 is 2.04 bits per heavy atom. The van der Waals surface area contributed by atoms with Gasteiger partial charge in [-0.25, -0.2) is 4.79 Å². The molecular weight excluding hydrogens is 328 g/mol. The van der Waals surface area contributed by atoms with Crippen LogP contribution in [0.15, 0.2) is 40.7 Å². The highest BCUT2D eigenvalue weighted by molar-refractivity contribution is 5.75. The number of unbranched alkanes of at least 4 members (excludes halogenated alkanes) is 4. The Kier molecular flexibility index (Phi) is 9.64. The number of rotatable bonds is 11. The van der Waals surface area contributed by atoms with Gasteiger partial charge in [0, 0.05) is 6.42 Å². The molecule has 0 aliphatic heterocycles. The number of carboxylic acids is 1. The first-order valence-corrected chi connectivity index (χ1v) is 9.75. The molecule has 1 aliphatic rings. The number of aliphatic hydroxyl groups is 2. The summed E-state index contributed by atoms with van der Waals surface area (Å²) in [4.78, 5) is 10.7. The Bertz CT molecular complexity index is 589. The number of allylic oxidation sites excluding steroid dienone is 4. The fourth-order valence-electron chi connectivity index (χ4n) is 3.21. The molecule has 0 aromatic heterocycles. The van der Waals surface area contributed by atoms with E-state index in [1.807, 2.05) is 6.92 Å². The van der Waals surface area contributed by atoms with Crippen LogP contribution in [0.5, 0.6) is 0 Å². The highest BCUT2D eigenvalue weighted by Crippen LogP contribution is 2.36. The summed E-state index contributed by atoms with van der Waals surface area (Å²) in [6, 6.07) is 0. The molecule has 0 spiro atoms. The van der Waals surface area contributed by atoms with Crippen molar-refractivity contribution in [3.05, 3.63) is 40.7 Å². The topological polar surface area (TPSA) is 77.8 Å². The molecule has 0 aromatic carbocycles. The largest absolute Gasteiger partial charge is 0.477 e. The van der Waals surface area contributed by atoms with Crippen LogP contribution in [0.2, 0.25) is 0 Å². The van der Waals surface area contributed by atoms with Gasteiger partial charge < -0.3 is 15.3 Å². The Morgan fingerprint density at radius 1 is 1.31 bits per heavy atom. The van der Waals surface area contributed by atoms with E-state index in [-0.39, 0.29) is 6.42 Å². The second-order valence-electron chi connectivity index (χ2n) is 7.37. The second-order valence-corrected chi connectivity index (χ2v) is 7.37. The molecule has 0 amide bonds. The molecule has 26 heavy (non-hydrogen) atoms. The Labute approximate surface area is 157 Å². The molecule has 4 nitrogen and oxygen atoms in total. The molecule has 1 atom stereocenters. The van der Waals surface area contributed by atoms with Crippen molar-refractivity contribution in [2.75, 3.05) is 0 Å². The van der Waals surface area contributed by atoms with Crippen molar-refractivity contribution in [3.63, 3.8) is 0 Å². The van der Waals surface area contributed by atoms with Gasteiger partial charge in [0.25, 0.3) is 5.79 Å². The van der Waals surface area contributed by atoms with Crippen LogP contribution in [-0.2, 0) is 4.79 Å². The first-order valence-electron chi connectivity index (χ1n) is 9.75. The molecule has 3 N–H and O–H groups in total. The van der Waals surface area contributed by atoms with Gasteiger partial charge in [-0.15, -0.1) is 5.73 Å². The number of hydrogen-bond donors (Lipinski definition) is 3. The number of aliphatic carboxylic acids is 1. The second kappa shape index (κ2) is 11.2. The predicted molar refractivity (Wildman–Crippen MR) is 105 cm³/mol. The summed E-state index contributed by atoms with van der Waals surface area (Å²) in [7, 11) is 0.